The lowest BCUT2D eigenvalue weighted by atomic mass is 10.1. The number of hydrogen-bond acceptors (Lipinski definition) is 4. The number of ether oxygens (including phenoxy) is 1. The maximum atomic E-state index is 13.1. The molecule has 29 heavy (non-hydrogen) atoms. The number of nitrogens with one attached hydrogen (secondary N) is 2. The van der Waals surface area contributed by atoms with Gasteiger partial charge in [0.25, 0.3) is 11.5 Å². The summed E-state index contributed by atoms with van der Waals surface area (Å²) in [5.41, 5.74) is 4.18. The van der Waals surface area contributed by atoms with Crippen LogP contribution in [0.25, 0.3) is 11.0 Å². The summed E-state index contributed by atoms with van der Waals surface area (Å²) < 4.78 is 7.54. The normalized spacial score (nSPS) is 13.4. The number of amides is 1. The van der Waals surface area contributed by atoms with Gasteiger partial charge in [0.05, 0.1) is 17.7 Å². The van der Waals surface area contributed by atoms with E-state index in [-0.39, 0.29) is 30.2 Å². The molecule has 0 saturated heterocycles. The van der Waals surface area contributed by atoms with Gasteiger partial charge in [-0.1, -0.05) is 0 Å². The molecule has 0 saturated carbocycles. The molecule has 0 spiro atoms. The van der Waals surface area contributed by atoms with E-state index in [0.29, 0.717) is 11.1 Å². The largest absolute Gasteiger partial charge is 0.380 e. The third-order valence-corrected chi connectivity index (χ3v) is 5.61. The Morgan fingerprint density at radius 1 is 1.31 bits per heavy atom. The van der Waals surface area contributed by atoms with Gasteiger partial charge in [-0.05, 0) is 58.4 Å². The zero-order valence-electron chi connectivity index (χ0n) is 17.8. The molecule has 2 unspecified atom stereocenters. The van der Waals surface area contributed by atoms with Gasteiger partial charge in [-0.15, -0.1) is 0 Å². The molecule has 154 valence electrons. The molecular weight excluding hydrogens is 368 g/mol. The Labute approximate surface area is 170 Å². The average molecular weight is 396 g/mol. The predicted molar refractivity (Wildman–Crippen MR) is 113 cm³/mol. The minimum Gasteiger partial charge on any atom is -0.380 e. The van der Waals surface area contributed by atoms with Gasteiger partial charge in [-0.3, -0.25) is 9.59 Å². The van der Waals surface area contributed by atoms with Crippen LogP contribution < -0.4 is 10.9 Å². The van der Waals surface area contributed by atoms with Crippen molar-refractivity contribution < 1.29 is 9.53 Å². The molecule has 2 atom stereocenters. The third-order valence-electron chi connectivity index (χ3n) is 5.61. The Kier molecular flexibility index (Phi) is 5.88. The van der Waals surface area contributed by atoms with E-state index < -0.39 is 0 Å². The summed E-state index contributed by atoms with van der Waals surface area (Å²) in [4.78, 5) is 32.7. The van der Waals surface area contributed by atoms with Crippen LogP contribution in [0.4, 0.5) is 0 Å². The van der Waals surface area contributed by atoms with E-state index in [9.17, 15) is 9.59 Å². The third kappa shape index (κ3) is 3.82. The number of methoxy groups -OCH3 is 1. The smallest absolute Gasteiger partial charge is 0.254 e. The molecular formula is C22H28N4O3. The summed E-state index contributed by atoms with van der Waals surface area (Å²) in [5.74, 6) is -0.226. The highest BCUT2D eigenvalue weighted by atomic mass is 16.5. The highest BCUT2D eigenvalue weighted by Gasteiger charge is 2.25. The molecule has 0 aliphatic carbocycles. The minimum absolute atomic E-state index is 0.00105. The molecule has 0 fully saturated rings. The molecule has 7 heteroatoms. The van der Waals surface area contributed by atoms with E-state index in [1.54, 1.807) is 13.3 Å². The fourth-order valence-corrected chi connectivity index (χ4v) is 3.81. The van der Waals surface area contributed by atoms with E-state index in [4.69, 9.17) is 4.74 Å². The maximum Gasteiger partial charge on any atom is 0.254 e. The first-order chi connectivity index (χ1) is 13.8. The van der Waals surface area contributed by atoms with Gasteiger partial charge in [0.15, 0.2) is 0 Å². The van der Waals surface area contributed by atoms with Crippen LogP contribution in [0, 0.1) is 20.8 Å². The Morgan fingerprint density at radius 3 is 2.69 bits per heavy atom. The average Bonchev–Trinajstić information content (AvgIpc) is 2.97. The van der Waals surface area contributed by atoms with Gasteiger partial charge in [0.1, 0.15) is 5.65 Å². The maximum absolute atomic E-state index is 13.1. The van der Waals surface area contributed by atoms with E-state index in [2.05, 4.69) is 15.3 Å². The Hall–Kier alpha value is -2.93. The first-order valence-electron chi connectivity index (χ1n) is 9.72. The monoisotopic (exact) mass is 396 g/mol. The summed E-state index contributed by atoms with van der Waals surface area (Å²) in [5, 5.41) is 3.70. The molecule has 0 bridgehead atoms. The fraction of sp³-hybridized carbons (Fsp3) is 0.409. The van der Waals surface area contributed by atoms with Crippen LogP contribution in [0.2, 0.25) is 0 Å². The zero-order chi connectivity index (χ0) is 21.3. The van der Waals surface area contributed by atoms with Crippen LogP contribution in [0.3, 0.4) is 0 Å². The number of rotatable bonds is 6. The van der Waals surface area contributed by atoms with Gasteiger partial charge in [0, 0.05) is 42.2 Å². The molecule has 3 rings (SSSR count). The van der Waals surface area contributed by atoms with E-state index >= 15 is 0 Å². The summed E-state index contributed by atoms with van der Waals surface area (Å²) in [6.07, 6.45) is 1.68. The van der Waals surface area contributed by atoms with Crippen LogP contribution >= 0.6 is 0 Å². The lowest BCUT2D eigenvalue weighted by Gasteiger charge is -2.22. The standard InChI is InChI=1S/C22H28N4O3/c1-12-10-13(2)25-21(27)18(12)11-24-22(28)19-15(4)26(14(3)16(5)29-6)20-17(19)8-7-9-23-20/h7-10,14,16H,11H2,1-6H3,(H,24,28)(H,25,27). The topological polar surface area (TPSA) is 89.0 Å². The van der Waals surface area contributed by atoms with Crippen LogP contribution in [0.15, 0.2) is 29.2 Å². The molecule has 2 N–H and O–H groups in total. The van der Waals surface area contributed by atoms with Gasteiger partial charge >= 0.3 is 0 Å². The van der Waals surface area contributed by atoms with Crippen LogP contribution in [-0.4, -0.2) is 33.7 Å². The molecule has 3 heterocycles. The van der Waals surface area contributed by atoms with Crippen molar-refractivity contribution in [3.8, 4) is 0 Å². The number of aromatic amines is 1. The number of carbonyl (C=O) groups excluding carboxylic acids is 1. The van der Waals surface area contributed by atoms with Crippen molar-refractivity contribution in [2.75, 3.05) is 7.11 Å². The summed E-state index contributed by atoms with van der Waals surface area (Å²) in [6.45, 7) is 9.83. The minimum atomic E-state index is -0.226. The van der Waals surface area contributed by atoms with Gasteiger partial charge in [-0.25, -0.2) is 4.98 Å². The lowest BCUT2D eigenvalue weighted by molar-refractivity contribution is 0.0781. The van der Waals surface area contributed by atoms with Gasteiger partial charge < -0.3 is 19.6 Å². The molecule has 0 radical (unpaired) electrons. The molecule has 0 aliphatic heterocycles. The molecule has 3 aromatic rings. The van der Waals surface area contributed by atoms with Crippen LogP contribution in [0.1, 0.15) is 52.8 Å². The fourth-order valence-electron chi connectivity index (χ4n) is 3.81. The SMILES string of the molecule is COC(C)C(C)n1c(C)c(C(=O)NCc2c(C)cc(C)[nH]c2=O)c2cccnc21. The molecule has 7 nitrogen and oxygen atoms in total. The number of carbonyl (C=O) groups is 1. The van der Waals surface area contributed by atoms with Crippen molar-refractivity contribution in [3.63, 3.8) is 0 Å². The molecule has 0 aliphatic rings. The lowest BCUT2D eigenvalue weighted by Crippen LogP contribution is -2.28. The van der Waals surface area contributed by atoms with E-state index in [0.717, 1.165) is 28.0 Å². The first kappa shape index (κ1) is 20.8. The molecule has 1 amide bonds. The Balaban J connectivity index is 1.99. The summed E-state index contributed by atoms with van der Waals surface area (Å²) in [6, 6.07) is 5.62. The number of aromatic nitrogens is 3. The Bertz CT molecular complexity index is 1110. The van der Waals surface area contributed by atoms with Crippen molar-refractivity contribution >= 4 is 16.9 Å². The number of H-pyrrole nitrogens is 1. The van der Waals surface area contributed by atoms with E-state index in [1.807, 2.05) is 57.4 Å². The van der Waals surface area contributed by atoms with Crippen LogP contribution in [-0.2, 0) is 11.3 Å². The number of fused-ring (bicyclic) bond motifs is 1. The predicted octanol–water partition coefficient (Wildman–Crippen LogP) is 3.18. The van der Waals surface area contributed by atoms with Gasteiger partial charge in [0.2, 0.25) is 0 Å². The Morgan fingerprint density at radius 2 is 2.03 bits per heavy atom. The van der Waals surface area contributed by atoms with Crippen molar-refractivity contribution in [1.82, 2.24) is 19.9 Å². The van der Waals surface area contributed by atoms with E-state index in [1.165, 1.54) is 0 Å². The summed E-state index contributed by atoms with van der Waals surface area (Å²) in [7, 11) is 1.67. The number of hydrogen-bond donors (Lipinski definition) is 2. The highest BCUT2D eigenvalue weighted by molar-refractivity contribution is 6.07. The number of pyridine rings is 2. The second kappa shape index (κ2) is 8.21. The molecule has 3 aromatic heterocycles. The van der Waals surface area contributed by atoms with Crippen molar-refractivity contribution in [2.24, 2.45) is 0 Å². The zero-order valence-corrected chi connectivity index (χ0v) is 17.8. The second-order valence-corrected chi connectivity index (χ2v) is 7.51. The van der Waals surface area contributed by atoms with Gasteiger partial charge in [-0.2, -0.15) is 0 Å². The highest BCUT2D eigenvalue weighted by Crippen LogP contribution is 2.29. The van der Waals surface area contributed by atoms with Crippen molar-refractivity contribution in [1.29, 1.82) is 0 Å². The first-order valence-corrected chi connectivity index (χ1v) is 9.72. The van der Waals surface area contributed by atoms with Crippen molar-refractivity contribution in [2.45, 2.75) is 53.3 Å². The quantitative estimate of drug-likeness (QED) is 0.670. The second-order valence-electron chi connectivity index (χ2n) is 7.51. The summed E-state index contributed by atoms with van der Waals surface area (Å²) >= 11 is 0. The van der Waals surface area contributed by atoms with Crippen LogP contribution in [0.5, 0.6) is 0 Å². The number of aryl methyl sites for hydroxylation is 2. The molecule has 0 aromatic carbocycles. The van der Waals surface area contributed by atoms with Crippen molar-refractivity contribution in [3.05, 3.63) is 62.8 Å². The number of nitrogens with zero attached hydrogens (tertiary/aromatic N) is 2.